The van der Waals surface area contributed by atoms with Crippen LogP contribution >= 0.6 is 23.2 Å². The van der Waals surface area contributed by atoms with Gasteiger partial charge in [-0.3, -0.25) is 9.59 Å². The standard InChI is InChI=1S/C23H23Cl2NO6/c1-4-8-26-19(12-6-7-16(27)17(11-12)32-5-2)18(21(29)23(26)30)20(28)13-9-14(24)22(31-3)15(25)10-13/h6-7,9-11,19,27-28H,4-5,8H2,1-3H3/b20-18+. The first kappa shape index (κ1) is 23.8. The number of methoxy groups -OCH3 is 1. The number of carbonyl (C=O) groups excluding carboxylic acids is 2. The van der Waals surface area contributed by atoms with Gasteiger partial charge in [-0.1, -0.05) is 36.2 Å². The Balaban J connectivity index is 2.23. The molecule has 2 aromatic carbocycles. The summed E-state index contributed by atoms with van der Waals surface area (Å²) in [6.07, 6.45) is 0.597. The first-order chi connectivity index (χ1) is 15.2. The van der Waals surface area contributed by atoms with Crippen LogP contribution in [0.1, 0.15) is 37.4 Å². The third-order valence-electron chi connectivity index (χ3n) is 5.08. The number of amides is 1. The van der Waals surface area contributed by atoms with E-state index in [0.29, 0.717) is 25.1 Å². The van der Waals surface area contributed by atoms with Gasteiger partial charge in [-0.15, -0.1) is 0 Å². The molecule has 1 fully saturated rings. The molecule has 3 rings (SSSR count). The molecule has 7 nitrogen and oxygen atoms in total. The van der Waals surface area contributed by atoms with Gasteiger partial charge in [-0.05, 0) is 43.2 Å². The van der Waals surface area contributed by atoms with Gasteiger partial charge in [-0.25, -0.2) is 0 Å². The van der Waals surface area contributed by atoms with Crippen LogP contribution in [0.4, 0.5) is 0 Å². The molecule has 0 aliphatic carbocycles. The third kappa shape index (κ3) is 4.23. The number of likely N-dealkylation sites (tertiary alicyclic amines) is 1. The van der Waals surface area contributed by atoms with Crippen molar-refractivity contribution >= 4 is 40.7 Å². The minimum Gasteiger partial charge on any atom is -0.507 e. The lowest BCUT2D eigenvalue weighted by molar-refractivity contribution is -0.139. The van der Waals surface area contributed by atoms with Gasteiger partial charge in [0.15, 0.2) is 17.2 Å². The number of ether oxygens (including phenoxy) is 2. The van der Waals surface area contributed by atoms with Gasteiger partial charge in [0.25, 0.3) is 11.7 Å². The van der Waals surface area contributed by atoms with Gasteiger partial charge in [0, 0.05) is 12.1 Å². The number of phenolic OH excluding ortho intramolecular Hbond substituents is 1. The van der Waals surface area contributed by atoms with Crippen molar-refractivity contribution in [3.63, 3.8) is 0 Å². The van der Waals surface area contributed by atoms with Crippen molar-refractivity contribution in [1.82, 2.24) is 4.90 Å². The Labute approximate surface area is 195 Å². The van der Waals surface area contributed by atoms with Crippen LogP contribution in [-0.4, -0.2) is 47.1 Å². The zero-order valence-corrected chi connectivity index (χ0v) is 19.3. The van der Waals surface area contributed by atoms with E-state index in [2.05, 4.69) is 0 Å². The smallest absolute Gasteiger partial charge is 0.295 e. The minimum absolute atomic E-state index is 0.0724. The van der Waals surface area contributed by atoms with E-state index in [1.165, 1.54) is 30.2 Å². The second kappa shape index (κ2) is 9.71. The summed E-state index contributed by atoms with van der Waals surface area (Å²) in [6, 6.07) is 6.50. The fourth-order valence-electron chi connectivity index (χ4n) is 3.72. The highest BCUT2D eigenvalue weighted by Gasteiger charge is 2.46. The van der Waals surface area contributed by atoms with Gasteiger partial charge in [0.2, 0.25) is 0 Å². The molecule has 1 aliphatic rings. The summed E-state index contributed by atoms with van der Waals surface area (Å²) in [7, 11) is 1.41. The molecule has 0 saturated carbocycles. The number of benzene rings is 2. The van der Waals surface area contributed by atoms with E-state index in [0.717, 1.165) is 0 Å². The second-order valence-electron chi connectivity index (χ2n) is 7.13. The summed E-state index contributed by atoms with van der Waals surface area (Å²) in [5.74, 6) is -1.60. The van der Waals surface area contributed by atoms with E-state index >= 15 is 0 Å². The molecule has 1 amide bonds. The highest BCUT2D eigenvalue weighted by molar-refractivity contribution is 6.46. The second-order valence-corrected chi connectivity index (χ2v) is 7.94. The van der Waals surface area contributed by atoms with E-state index < -0.39 is 23.5 Å². The van der Waals surface area contributed by atoms with Gasteiger partial charge < -0.3 is 24.6 Å². The third-order valence-corrected chi connectivity index (χ3v) is 5.64. The van der Waals surface area contributed by atoms with Crippen molar-refractivity contribution in [3.05, 3.63) is 57.1 Å². The van der Waals surface area contributed by atoms with Crippen LogP contribution in [0.15, 0.2) is 35.9 Å². The Bertz CT molecular complexity index is 1070. The van der Waals surface area contributed by atoms with Crippen LogP contribution in [0, 0.1) is 0 Å². The number of aliphatic hydroxyl groups excluding tert-OH is 1. The molecule has 9 heteroatoms. The van der Waals surface area contributed by atoms with Crippen molar-refractivity contribution in [1.29, 1.82) is 0 Å². The molecule has 0 bridgehead atoms. The Morgan fingerprint density at radius 2 is 1.78 bits per heavy atom. The normalized spacial score (nSPS) is 17.7. The molecule has 0 aromatic heterocycles. The number of aromatic hydroxyl groups is 1. The predicted octanol–water partition coefficient (Wildman–Crippen LogP) is 4.94. The molecule has 0 spiro atoms. The lowest BCUT2D eigenvalue weighted by Gasteiger charge is -2.25. The van der Waals surface area contributed by atoms with Gasteiger partial charge in [0.1, 0.15) is 5.76 Å². The number of hydrogen-bond acceptors (Lipinski definition) is 6. The molecule has 1 aliphatic heterocycles. The molecule has 1 saturated heterocycles. The number of nitrogens with zero attached hydrogens (tertiary/aromatic N) is 1. The average Bonchev–Trinajstić information content (AvgIpc) is 3.00. The first-order valence-corrected chi connectivity index (χ1v) is 10.8. The number of hydrogen-bond donors (Lipinski definition) is 2. The number of Topliss-reactive ketones (excluding diaryl/α,β-unsaturated/α-hetero) is 1. The Hall–Kier alpha value is -2.90. The van der Waals surface area contributed by atoms with Gasteiger partial charge in [0.05, 0.1) is 35.4 Å². The summed E-state index contributed by atoms with van der Waals surface area (Å²) in [5.41, 5.74) is 0.573. The van der Waals surface area contributed by atoms with Crippen molar-refractivity contribution in [2.24, 2.45) is 0 Å². The summed E-state index contributed by atoms with van der Waals surface area (Å²) in [5, 5.41) is 21.5. The molecule has 170 valence electrons. The Morgan fingerprint density at radius 3 is 2.34 bits per heavy atom. The molecule has 0 radical (unpaired) electrons. The summed E-state index contributed by atoms with van der Waals surface area (Å²) < 4.78 is 10.6. The van der Waals surface area contributed by atoms with Crippen molar-refractivity contribution in [2.75, 3.05) is 20.3 Å². The van der Waals surface area contributed by atoms with Crippen LogP contribution < -0.4 is 9.47 Å². The first-order valence-electron chi connectivity index (χ1n) is 10.0. The van der Waals surface area contributed by atoms with Crippen LogP contribution in [0.25, 0.3) is 5.76 Å². The van der Waals surface area contributed by atoms with E-state index in [9.17, 15) is 19.8 Å². The largest absolute Gasteiger partial charge is 0.507 e. The summed E-state index contributed by atoms with van der Waals surface area (Å²) in [6.45, 7) is 4.25. The number of halogens is 2. The summed E-state index contributed by atoms with van der Waals surface area (Å²) >= 11 is 12.4. The predicted molar refractivity (Wildman–Crippen MR) is 122 cm³/mol. The molecular weight excluding hydrogens is 457 g/mol. The highest BCUT2D eigenvalue weighted by atomic mass is 35.5. The summed E-state index contributed by atoms with van der Waals surface area (Å²) in [4.78, 5) is 27.2. The molecule has 32 heavy (non-hydrogen) atoms. The fourth-order valence-corrected chi connectivity index (χ4v) is 4.36. The SMILES string of the molecule is CCCN1C(=O)C(=O)/C(=C(/O)c2cc(Cl)c(OC)c(Cl)c2)C1c1ccc(O)c(OCC)c1. The molecule has 1 atom stereocenters. The molecular formula is C23H23Cl2NO6. The zero-order chi connectivity index (χ0) is 23.6. The molecule has 2 aromatic rings. The quantitative estimate of drug-likeness (QED) is 0.331. The van der Waals surface area contributed by atoms with E-state index in [1.54, 1.807) is 19.1 Å². The number of phenols is 1. The van der Waals surface area contributed by atoms with Crippen LogP contribution in [0.5, 0.6) is 17.2 Å². The number of ketones is 1. The number of rotatable bonds is 7. The monoisotopic (exact) mass is 479 g/mol. The zero-order valence-electron chi connectivity index (χ0n) is 17.8. The van der Waals surface area contributed by atoms with E-state index in [4.69, 9.17) is 32.7 Å². The minimum atomic E-state index is -0.880. The van der Waals surface area contributed by atoms with E-state index in [1.807, 2.05) is 6.92 Å². The average molecular weight is 480 g/mol. The van der Waals surface area contributed by atoms with Crippen molar-refractivity contribution in [2.45, 2.75) is 26.3 Å². The maximum Gasteiger partial charge on any atom is 0.295 e. The number of carbonyl (C=O) groups is 2. The molecule has 2 N–H and O–H groups in total. The van der Waals surface area contributed by atoms with E-state index in [-0.39, 0.29) is 38.4 Å². The topological polar surface area (TPSA) is 96.3 Å². The maximum absolute atomic E-state index is 13.0. The van der Waals surface area contributed by atoms with Gasteiger partial charge in [-0.2, -0.15) is 0 Å². The van der Waals surface area contributed by atoms with Crippen molar-refractivity contribution in [3.8, 4) is 17.2 Å². The highest BCUT2D eigenvalue weighted by Crippen LogP contribution is 2.43. The van der Waals surface area contributed by atoms with Crippen LogP contribution in [-0.2, 0) is 9.59 Å². The van der Waals surface area contributed by atoms with Crippen molar-refractivity contribution < 1.29 is 29.3 Å². The maximum atomic E-state index is 13.0. The Morgan fingerprint density at radius 1 is 1.12 bits per heavy atom. The molecule has 1 unspecified atom stereocenters. The Kier molecular flexibility index (Phi) is 7.21. The lowest BCUT2D eigenvalue weighted by atomic mass is 9.95. The van der Waals surface area contributed by atoms with Crippen LogP contribution in [0.2, 0.25) is 10.0 Å². The fraction of sp³-hybridized carbons (Fsp3) is 0.304. The lowest BCUT2D eigenvalue weighted by Crippen LogP contribution is -2.30. The van der Waals surface area contributed by atoms with Gasteiger partial charge >= 0.3 is 0 Å². The molecule has 1 heterocycles. The van der Waals surface area contributed by atoms with Crippen LogP contribution in [0.3, 0.4) is 0 Å². The number of aliphatic hydroxyl groups is 1.